The number of nitrogens with zero attached hydrogens (tertiary/aromatic N) is 1. The highest BCUT2D eigenvalue weighted by Crippen LogP contribution is 2.45. The van der Waals surface area contributed by atoms with E-state index < -0.39 is 0 Å². The number of nitrogens with one attached hydrogen (secondary N) is 2. The first-order valence-corrected chi connectivity index (χ1v) is 5.67. The zero-order valence-corrected chi connectivity index (χ0v) is 8.37. The van der Waals surface area contributed by atoms with Crippen LogP contribution in [0.3, 0.4) is 0 Å². The van der Waals surface area contributed by atoms with E-state index in [2.05, 4.69) is 15.3 Å². The van der Waals surface area contributed by atoms with Crippen molar-refractivity contribution in [3.63, 3.8) is 0 Å². The molecule has 3 rings (SSSR count). The van der Waals surface area contributed by atoms with E-state index in [4.69, 9.17) is 0 Å². The number of aromatic nitrogens is 2. The fourth-order valence-corrected chi connectivity index (χ4v) is 2.70. The lowest BCUT2D eigenvalue weighted by Gasteiger charge is -2.12. The maximum atomic E-state index is 4.01. The number of imidazole rings is 1. The van der Waals surface area contributed by atoms with Crippen LogP contribution in [-0.4, -0.2) is 16.0 Å². The number of H-pyrrole nitrogens is 1. The van der Waals surface area contributed by atoms with Gasteiger partial charge in [0.2, 0.25) is 0 Å². The lowest BCUT2D eigenvalue weighted by atomic mass is 10.0. The Kier molecular flexibility index (Phi) is 1.96. The third-order valence-corrected chi connectivity index (χ3v) is 3.62. The number of anilines is 1. The Morgan fingerprint density at radius 2 is 2.07 bits per heavy atom. The molecule has 76 valence electrons. The monoisotopic (exact) mass is 191 g/mol. The Bertz CT molecular complexity index is 289. The van der Waals surface area contributed by atoms with Gasteiger partial charge in [-0.15, -0.1) is 0 Å². The van der Waals surface area contributed by atoms with Gasteiger partial charge in [0.05, 0.1) is 12.5 Å². The summed E-state index contributed by atoms with van der Waals surface area (Å²) in [5.74, 6) is 3.16. The minimum atomic E-state index is 0.682. The van der Waals surface area contributed by atoms with Crippen molar-refractivity contribution < 1.29 is 0 Å². The SMILES string of the molecule is c1ncc(NC2CCC(C3CC3)C2)[nH]1. The van der Waals surface area contributed by atoms with E-state index in [1.807, 2.05) is 6.20 Å². The molecule has 2 unspecified atom stereocenters. The normalized spacial score (nSPS) is 32.0. The van der Waals surface area contributed by atoms with Gasteiger partial charge in [-0.1, -0.05) is 0 Å². The molecule has 0 saturated heterocycles. The smallest absolute Gasteiger partial charge is 0.123 e. The summed E-state index contributed by atoms with van der Waals surface area (Å²) in [6.07, 6.45) is 10.7. The number of aromatic amines is 1. The van der Waals surface area contributed by atoms with E-state index in [-0.39, 0.29) is 0 Å². The standard InChI is InChI=1S/C11H17N3/c1-2-8(1)9-3-4-10(5-9)14-11-6-12-7-13-11/h6-10,14H,1-5H2,(H,12,13). The van der Waals surface area contributed by atoms with E-state index in [1.165, 1.54) is 32.1 Å². The first-order chi connectivity index (χ1) is 6.92. The maximum Gasteiger partial charge on any atom is 0.123 e. The van der Waals surface area contributed by atoms with Crippen LogP contribution in [0.1, 0.15) is 32.1 Å². The molecule has 0 radical (unpaired) electrons. The van der Waals surface area contributed by atoms with Crippen molar-refractivity contribution in [2.45, 2.75) is 38.1 Å². The van der Waals surface area contributed by atoms with Gasteiger partial charge in [0.15, 0.2) is 0 Å². The second-order valence-corrected chi connectivity index (χ2v) is 4.72. The Morgan fingerprint density at radius 1 is 1.21 bits per heavy atom. The average molecular weight is 191 g/mol. The minimum Gasteiger partial charge on any atom is -0.368 e. The molecule has 3 nitrogen and oxygen atoms in total. The number of hydrogen-bond acceptors (Lipinski definition) is 2. The zero-order valence-electron chi connectivity index (χ0n) is 8.37. The number of rotatable bonds is 3. The van der Waals surface area contributed by atoms with Crippen molar-refractivity contribution in [3.05, 3.63) is 12.5 Å². The third-order valence-electron chi connectivity index (χ3n) is 3.62. The van der Waals surface area contributed by atoms with Crippen molar-refractivity contribution in [3.8, 4) is 0 Å². The van der Waals surface area contributed by atoms with Crippen molar-refractivity contribution in [2.24, 2.45) is 11.8 Å². The zero-order chi connectivity index (χ0) is 9.38. The van der Waals surface area contributed by atoms with Gasteiger partial charge < -0.3 is 10.3 Å². The predicted molar refractivity (Wildman–Crippen MR) is 56.1 cm³/mol. The molecule has 3 heteroatoms. The molecule has 2 aliphatic carbocycles. The molecular formula is C11H17N3. The van der Waals surface area contributed by atoms with E-state index in [1.54, 1.807) is 6.33 Å². The highest BCUT2D eigenvalue weighted by Gasteiger charge is 2.36. The summed E-state index contributed by atoms with van der Waals surface area (Å²) >= 11 is 0. The summed E-state index contributed by atoms with van der Waals surface area (Å²) in [5, 5.41) is 3.52. The number of hydrogen-bond donors (Lipinski definition) is 2. The lowest BCUT2D eigenvalue weighted by molar-refractivity contribution is 0.475. The van der Waals surface area contributed by atoms with Gasteiger partial charge in [-0.05, 0) is 43.9 Å². The van der Waals surface area contributed by atoms with E-state index in [0.717, 1.165) is 17.7 Å². The molecule has 1 aromatic rings. The molecule has 14 heavy (non-hydrogen) atoms. The molecule has 1 aromatic heterocycles. The molecule has 2 N–H and O–H groups in total. The molecule has 2 fully saturated rings. The topological polar surface area (TPSA) is 40.7 Å². The summed E-state index contributed by atoms with van der Waals surface area (Å²) in [6.45, 7) is 0. The Balaban J connectivity index is 1.55. The second-order valence-electron chi connectivity index (χ2n) is 4.72. The van der Waals surface area contributed by atoms with Crippen LogP contribution in [0.15, 0.2) is 12.5 Å². The highest BCUT2D eigenvalue weighted by atomic mass is 15.1. The van der Waals surface area contributed by atoms with E-state index in [9.17, 15) is 0 Å². The Morgan fingerprint density at radius 3 is 2.79 bits per heavy atom. The summed E-state index contributed by atoms with van der Waals surface area (Å²) in [6, 6.07) is 0.682. The molecule has 0 bridgehead atoms. The van der Waals surface area contributed by atoms with Crippen LogP contribution >= 0.6 is 0 Å². The third kappa shape index (κ3) is 1.63. The van der Waals surface area contributed by atoms with Gasteiger partial charge in [-0.2, -0.15) is 0 Å². The summed E-state index contributed by atoms with van der Waals surface area (Å²) < 4.78 is 0. The van der Waals surface area contributed by atoms with Crippen LogP contribution in [0, 0.1) is 11.8 Å². The Labute approximate surface area is 84.3 Å². The predicted octanol–water partition coefficient (Wildman–Crippen LogP) is 2.40. The Hall–Kier alpha value is -0.990. The van der Waals surface area contributed by atoms with Gasteiger partial charge in [-0.25, -0.2) is 4.98 Å². The fraction of sp³-hybridized carbons (Fsp3) is 0.727. The van der Waals surface area contributed by atoms with E-state index >= 15 is 0 Å². The van der Waals surface area contributed by atoms with Gasteiger partial charge in [0.25, 0.3) is 0 Å². The summed E-state index contributed by atoms with van der Waals surface area (Å²) in [7, 11) is 0. The van der Waals surface area contributed by atoms with Crippen molar-refractivity contribution in [2.75, 3.05) is 5.32 Å². The first-order valence-electron chi connectivity index (χ1n) is 5.67. The van der Waals surface area contributed by atoms with E-state index in [0.29, 0.717) is 6.04 Å². The lowest BCUT2D eigenvalue weighted by Crippen LogP contribution is -2.15. The maximum absolute atomic E-state index is 4.01. The van der Waals surface area contributed by atoms with Crippen LogP contribution < -0.4 is 5.32 Å². The van der Waals surface area contributed by atoms with Gasteiger partial charge in [-0.3, -0.25) is 0 Å². The molecule has 1 heterocycles. The molecule has 0 spiro atoms. The van der Waals surface area contributed by atoms with Crippen LogP contribution in [0.4, 0.5) is 5.82 Å². The molecule has 2 saturated carbocycles. The van der Waals surface area contributed by atoms with Crippen molar-refractivity contribution in [1.29, 1.82) is 0 Å². The fourth-order valence-electron chi connectivity index (χ4n) is 2.70. The highest BCUT2D eigenvalue weighted by molar-refractivity contribution is 5.32. The average Bonchev–Trinajstić information content (AvgIpc) is 2.75. The minimum absolute atomic E-state index is 0.682. The quantitative estimate of drug-likeness (QED) is 0.770. The molecule has 0 aromatic carbocycles. The van der Waals surface area contributed by atoms with Gasteiger partial charge in [0.1, 0.15) is 5.82 Å². The van der Waals surface area contributed by atoms with Crippen LogP contribution in [0.5, 0.6) is 0 Å². The molecule has 0 aliphatic heterocycles. The molecule has 2 atom stereocenters. The van der Waals surface area contributed by atoms with Crippen LogP contribution in [0.25, 0.3) is 0 Å². The largest absolute Gasteiger partial charge is 0.368 e. The summed E-state index contributed by atoms with van der Waals surface area (Å²) in [5.41, 5.74) is 0. The first kappa shape index (κ1) is 8.33. The molecule has 2 aliphatic rings. The molecule has 0 amide bonds. The second kappa shape index (κ2) is 3.30. The van der Waals surface area contributed by atoms with Crippen LogP contribution in [0.2, 0.25) is 0 Å². The van der Waals surface area contributed by atoms with Gasteiger partial charge >= 0.3 is 0 Å². The van der Waals surface area contributed by atoms with Gasteiger partial charge in [0, 0.05) is 6.04 Å². The van der Waals surface area contributed by atoms with Crippen molar-refractivity contribution in [1.82, 2.24) is 9.97 Å². The van der Waals surface area contributed by atoms with Crippen molar-refractivity contribution >= 4 is 5.82 Å². The van der Waals surface area contributed by atoms with Crippen LogP contribution in [-0.2, 0) is 0 Å². The molecular weight excluding hydrogens is 174 g/mol. The summed E-state index contributed by atoms with van der Waals surface area (Å²) in [4.78, 5) is 7.11.